The molecule has 0 aliphatic carbocycles. The number of hydrogen-bond donors (Lipinski definition) is 1. The molecular formula is C19H27ClN4O. The number of nitrogens with zero attached hydrogens (tertiary/aromatic N) is 3. The lowest BCUT2D eigenvalue weighted by atomic mass is 10.1. The van der Waals surface area contributed by atoms with E-state index in [1.54, 1.807) is 14.2 Å². The maximum absolute atomic E-state index is 6.05. The molecule has 0 amide bonds. The first-order valence-corrected chi connectivity index (χ1v) is 8.76. The van der Waals surface area contributed by atoms with Crippen LogP contribution in [-0.2, 0) is 20.0 Å². The molecule has 0 spiro atoms. The Morgan fingerprint density at radius 3 is 2.60 bits per heavy atom. The molecule has 1 aromatic heterocycles. The first kappa shape index (κ1) is 19.2. The largest absolute Gasteiger partial charge is 0.497 e. The predicted molar refractivity (Wildman–Crippen MR) is 105 cm³/mol. The van der Waals surface area contributed by atoms with Gasteiger partial charge in [-0.15, -0.1) is 0 Å². The van der Waals surface area contributed by atoms with E-state index >= 15 is 0 Å². The van der Waals surface area contributed by atoms with Crippen molar-refractivity contribution in [3.05, 3.63) is 52.8 Å². The zero-order valence-corrected chi connectivity index (χ0v) is 16.2. The molecule has 0 saturated heterocycles. The van der Waals surface area contributed by atoms with E-state index in [1.165, 1.54) is 5.56 Å². The highest BCUT2D eigenvalue weighted by atomic mass is 35.5. The van der Waals surface area contributed by atoms with Crippen LogP contribution >= 0.6 is 11.6 Å². The van der Waals surface area contributed by atoms with Crippen LogP contribution in [0.1, 0.15) is 17.7 Å². The lowest BCUT2D eigenvalue weighted by Gasteiger charge is -2.22. The summed E-state index contributed by atoms with van der Waals surface area (Å²) >= 11 is 6.05. The van der Waals surface area contributed by atoms with Crippen LogP contribution in [0.5, 0.6) is 5.75 Å². The highest BCUT2D eigenvalue weighted by molar-refractivity contribution is 6.30. The normalized spacial score (nSPS) is 11.5. The van der Waals surface area contributed by atoms with Gasteiger partial charge in [0.05, 0.1) is 18.7 Å². The summed E-state index contributed by atoms with van der Waals surface area (Å²) in [6, 6.07) is 10.2. The van der Waals surface area contributed by atoms with E-state index in [-0.39, 0.29) is 0 Å². The van der Waals surface area contributed by atoms with Crippen LogP contribution in [0.2, 0.25) is 5.02 Å². The van der Waals surface area contributed by atoms with Crippen LogP contribution in [0.15, 0.2) is 41.5 Å². The number of aliphatic imine (C=N–C) groups is 1. The molecule has 0 aliphatic heterocycles. The Hall–Kier alpha value is -2.14. The second-order valence-corrected chi connectivity index (χ2v) is 6.48. The monoisotopic (exact) mass is 362 g/mol. The summed E-state index contributed by atoms with van der Waals surface area (Å²) in [5.41, 5.74) is 2.46. The lowest BCUT2D eigenvalue weighted by Crippen LogP contribution is -2.39. The lowest BCUT2D eigenvalue weighted by molar-refractivity contribution is 0.414. The van der Waals surface area contributed by atoms with Crippen LogP contribution < -0.4 is 10.1 Å². The van der Waals surface area contributed by atoms with Crippen molar-refractivity contribution in [1.82, 2.24) is 14.8 Å². The van der Waals surface area contributed by atoms with Crippen molar-refractivity contribution in [2.75, 3.05) is 27.7 Å². The van der Waals surface area contributed by atoms with Crippen molar-refractivity contribution < 1.29 is 4.74 Å². The molecule has 1 aromatic carbocycles. The van der Waals surface area contributed by atoms with Crippen molar-refractivity contribution in [1.29, 1.82) is 0 Å². The number of methoxy groups -OCH3 is 1. The average Bonchev–Trinajstić information content (AvgIpc) is 2.92. The molecule has 0 atom stereocenters. The number of rotatable bonds is 7. The van der Waals surface area contributed by atoms with Gasteiger partial charge in [-0.3, -0.25) is 4.99 Å². The number of halogens is 1. The van der Waals surface area contributed by atoms with Gasteiger partial charge in [0.1, 0.15) is 5.75 Å². The fourth-order valence-corrected chi connectivity index (χ4v) is 2.98. The van der Waals surface area contributed by atoms with Gasteiger partial charge in [0, 0.05) is 39.6 Å². The van der Waals surface area contributed by atoms with Gasteiger partial charge in [0.2, 0.25) is 0 Å². The molecule has 5 nitrogen and oxygen atoms in total. The van der Waals surface area contributed by atoms with Gasteiger partial charge < -0.3 is 19.5 Å². The summed E-state index contributed by atoms with van der Waals surface area (Å²) in [5.74, 6) is 1.77. The highest BCUT2D eigenvalue weighted by Gasteiger charge is 2.09. The average molecular weight is 363 g/mol. The van der Waals surface area contributed by atoms with Crippen LogP contribution in [0, 0.1) is 0 Å². The standard InChI is InChI=1S/C19H27ClN4O/c1-21-19(24(3)14-17-12-16(20)13-23(17)2)22-11-5-6-15-7-9-18(25-4)10-8-15/h7-10,12-13H,5-6,11,14H2,1-4H3,(H,21,22). The minimum atomic E-state index is 0.751. The maximum Gasteiger partial charge on any atom is 0.193 e. The van der Waals surface area contributed by atoms with Gasteiger partial charge in [-0.25, -0.2) is 0 Å². The van der Waals surface area contributed by atoms with Gasteiger partial charge in [0.25, 0.3) is 0 Å². The Bertz CT molecular complexity index is 694. The Balaban J connectivity index is 1.78. The summed E-state index contributed by atoms with van der Waals surface area (Å²) in [4.78, 5) is 6.46. The molecule has 2 rings (SSSR count). The second-order valence-electron chi connectivity index (χ2n) is 6.04. The molecule has 136 valence electrons. The molecule has 0 fully saturated rings. The van der Waals surface area contributed by atoms with Crippen molar-refractivity contribution >= 4 is 17.6 Å². The van der Waals surface area contributed by atoms with E-state index in [2.05, 4.69) is 27.3 Å². The Kier molecular flexibility index (Phi) is 7.19. The molecule has 0 bridgehead atoms. The van der Waals surface area contributed by atoms with E-state index < -0.39 is 0 Å². The molecule has 2 aromatic rings. The minimum Gasteiger partial charge on any atom is -0.497 e. The summed E-state index contributed by atoms with van der Waals surface area (Å²) in [7, 11) is 7.52. The fraction of sp³-hybridized carbons (Fsp3) is 0.421. The third kappa shape index (κ3) is 5.71. The van der Waals surface area contributed by atoms with Crippen molar-refractivity contribution in [3.63, 3.8) is 0 Å². The number of ether oxygens (including phenoxy) is 1. The minimum absolute atomic E-state index is 0.751. The molecule has 25 heavy (non-hydrogen) atoms. The number of hydrogen-bond acceptors (Lipinski definition) is 2. The smallest absolute Gasteiger partial charge is 0.193 e. The van der Waals surface area contributed by atoms with Gasteiger partial charge in [0.15, 0.2) is 5.96 Å². The van der Waals surface area contributed by atoms with Crippen LogP contribution in [0.25, 0.3) is 0 Å². The third-order valence-electron chi connectivity index (χ3n) is 4.13. The molecule has 0 aliphatic rings. The first-order valence-electron chi connectivity index (χ1n) is 8.39. The summed E-state index contributed by atoms with van der Waals surface area (Å²) in [6.45, 7) is 1.62. The molecule has 6 heteroatoms. The van der Waals surface area contributed by atoms with Crippen molar-refractivity contribution in [2.45, 2.75) is 19.4 Å². The Labute approximate surface area is 155 Å². The first-order chi connectivity index (χ1) is 12.0. The van der Waals surface area contributed by atoms with Crippen molar-refractivity contribution in [2.24, 2.45) is 12.0 Å². The van der Waals surface area contributed by atoms with Gasteiger partial charge in [-0.05, 0) is 36.6 Å². The summed E-state index contributed by atoms with van der Waals surface area (Å²) < 4.78 is 7.22. The van der Waals surface area contributed by atoms with E-state index in [9.17, 15) is 0 Å². The van der Waals surface area contributed by atoms with E-state index in [4.69, 9.17) is 16.3 Å². The molecule has 1 N–H and O–H groups in total. The van der Waals surface area contributed by atoms with Gasteiger partial charge >= 0.3 is 0 Å². The van der Waals surface area contributed by atoms with Crippen LogP contribution in [-0.4, -0.2) is 43.2 Å². The number of aromatic nitrogens is 1. The van der Waals surface area contributed by atoms with Gasteiger partial charge in [-0.2, -0.15) is 0 Å². The maximum atomic E-state index is 6.05. The molecule has 0 saturated carbocycles. The van der Waals surface area contributed by atoms with E-state index in [0.29, 0.717) is 0 Å². The van der Waals surface area contributed by atoms with E-state index in [0.717, 1.165) is 48.4 Å². The van der Waals surface area contributed by atoms with Crippen molar-refractivity contribution in [3.8, 4) is 5.75 Å². The topological polar surface area (TPSA) is 41.8 Å². The molecule has 0 radical (unpaired) electrons. The number of nitrogens with one attached hydrogen (secondary N) is 1. The Morgan fingerprint density at radius 1 is 1.32 bits per heavy atom. The Morgan fingerprint density at radius 2 is 2.04 bits per heavy atom. The van der Waals surface area contributed by atoms with Crippen LogP contribution in [0.4, 0.5) is 0 Å². The number of aryl methyl sites for hydroxylation is 2. The molecule has 1 heterocycles. The number of benzene rings is 1. The quantitative estimate of drug-likeness (QED) is 0.466. The predicted octanol–water partition coefficient (Wildman–Crippen LogP) is 3.33. The fourth-order valence-electron chi connectivity index (χ4n) is 2.71. The highest BCUT2D eigenvalue weighted by Crippen LogP contribution is 2.14. The molecular weight excluding hydrogens is 336 g/mol. The number of guanidine groups is 1. The summed E-state index contributed by atoms with van der Waals surface area (Å²) in [5, 5.41) is 4.18. The second kappa shape index (κ2) is 9.37. The zero-order valence-electron chi connectivity index (χ0n) is 15.4. The summed E-state index contributed by atoms with van der Waals surface area (Å²) in [6.07, 6.45) is 3.97. The van der Waals surface area contributed by atoms with Gasteiger partial charge in [-0.1, -0.05) is 23.7 Å². The zero-order chi connectivity index (χ0) is 18.2. The van der Waals surface area contributed by atoms with Crippen LogP contribution in [0.3, 0.4) is 0 Å². The molecule has 0 unspecified atom stereocenters. The van der Waals surface area contributed by atoms with E-state index in [1.807, 2.05) is 43.1 Å². The third-order valence-corrected chi connectivity index (χ3v) is 4.34. The SMILES string of the molecule is CN=C(NCCCc1ccc(OC)cc1)N(C)Cc1cc(Cl)cn1C.